The van der Waals surface area contributed by atoms with Crippen molar-refractivity contribution in [1.82, 2.24) is 0 Å². The summed E-state index contributed by atoms with van der Waals surface area (Å²) in [6.07, 6.45) is 7.29. The van der Waals surface area contributed by atoms with E-state index in [4.69, 9.17) is 0 Å². The molecule has 0 aliphatic rings. The van der Waals surface area contributed by atoms with E-state index in [-0.39, 0.29) is 0 Å². The van der Waals surface area contributed by atoms with Crippen molar-refractivity contribution >= 4 is 14.0 Å². The van der Waals surface area contributed by atoms with E-state index in [9.17, 15) is 9.90 Å². The first kappa shape index (κ1) is 16.7. The first-order valence-corrected chi connectivity index (χ1v) is 10.1. The molecule has 2 nitrogen and oxygen atoms in total. The fraction of sp³-hybridized carbons (Fsp3) is 0.929. The van der Waals surface area contributed by atoms with Crippen LogP contribution in [-0.4, -0.2) is 19.1 Å². The standard InChI is InChI=1S/C14H30O2Si/c1-4-7-10-17(11-8-5-2,12-9-6-3)13-14(15)16/h4-13H2,1-3H3,(H,15,16). The van der Waals surface area contributed by atoms with E-state index in [1.54, 1.807) is 0 Å². The second-order valence-corrected chi connectivity index (χ2v) is 10.2. The molecule has 0 saturated carbocycles. The summed E-state index contributed by atoms with van der Waals surface area (Å²) < 4.78 is 0. The zero-order valence-electron chi connectivity index (χ0n) is 11.9. The van der Waals surface area contributed by atoms with Crippen molar-refractivity contribution in [2.75, 3.05) is 0 Å². The third-order valence-electron chi connectivity index (χ3n) is 3.71. The minimum atomic E-state index is -1.52. The summed E-state index contributed by atoms with van der Waals surface area (Å²) in [5, 5.41) is 9.18. The lowest BCUT2D eigenvalue weighted by molar-refractivity contribution is -0.134. The van der Waals surface area contributed by atoms with Crippen LogP contribution in [0, 0.1) is 0 Å². The van der Waals surface area contributed by atoms with Crippen molar-refractivity contribution in [1.29, 1.82) is 0 Å². The number of aliphatic carboxylic acids is 1. The number of unbranched alkanes of at least 4 members (excludes halogenated alkanes) is 3. The lowest BCUT2D eigenvalue weighted by Gasteiger charge is -2.30. The predicted molar refractivity (Wildman–Crippen MR) is 77.3 cm³/mol. The van der Waals surface area contributed by atoms with Gasteiger partial charge in [-0.1, -0.05) is 77.4 Å². The summed E-state index contributed by atoms with van der Waals surface area (Å²) >= 11 is 0. The molecule has 0 aromatic rings. The number of carbonyl (C=O) groups is 1. The molecule has 0 aromatic heterocycles. The Morgan fingerprint density at radius 1 is 0.882 bits per heavy atom. The zero-order valence-corrected chi connectivity index (χ0v) is 12.9. The first-order valence-electron chi connectivity index (χ1n) is 7.32. The van der Waals surface area contributed by atoms with Crippen LogP contribution in [0.25, 0.3) is 0 Å². The van der Waals surface area contributed by atoms with Crippen LogP contribution >= 0.6 is 0 Å². The SMILES string of the molecule is CCCC[Si](CCCC)(CCCC)CC(=O)O. The van der Waals surface area contributed by atoms with Crippen LogP contribution in [-0.2, 0) is 4.79 Å². The lowest BCUT2D eigenvalue weighted by atomic mass is 10.4. The molecule has 0 amide bonds. The van der Waals surface area contributed by atoms with E-state index in [0.29, 0.717) is 6.04 Å². The van der Waals surface area contributed by atoms with E-state index in [1.807, 2.05) is 0 Å². The maximum atomic E-state index is 11.1. The molecule has 0 spiro atoms. The fourth-order valence-corrected chi connectivity index (χ4v) is 7.85. The highest BCUT2D eigenvalue weighted by atomic mass is 28.3. The molecular formula is C14H30O2Si. The van der Waals surface area contributed by atoms with Gasteiger partial charge >= 0.3 is 5.97 Å². The summed E-state index contributed by atoms with van der Waals surface area (Å²) in [5.74, 6) is -0.556. The maximum absolute atomic E-state index is 11.1. The van der Waals surface area contributed by atoms with Crippen molar-refractivity contribution in [3.05, 3.63) is 0 Å². The molecule has 102 valence electrons. The summed E-state index contributed by atoms with van der Waals surface area (Å²) in [4.78, 5) is 11.1. The topological polar surface area (TPSA) is 37.3 Å². The Morgan fingerprint density at radius 2 is 1.24 bits per heavy atom. The van der Waals surface area contributed by atoms with E-state index >= 15 is 0 Å². The Labute approximate surface area is 108 Å². The predicted octanol–water partition coefficient (Wildman–Crippen LogP) is 4.92. The molecule has 0 fully saturated rings. The van der Waals surface area contributed by atoms with E-state index in [1.165, 1.54) is 56.7 Å². The van der Waals surface area contributed by atoms with E-state index < -0.39 is 14.0 Å². The molecule has 0 rings (SSSR count). The van der Waals surface area contributed by atoms with Crippen LogP contribution in [0.4, 0.5) is 0 Å². The molecule has 17 heavy (non-hydrogen) atoms. The Bertz CT molecular complexity index is 183. The van der Waals surface area contributed by atoms with Gasteiger partial charge in [0.2, 0.25) is 0 Å². The molecule has 1 N–H and O–H groups in total. The fourth-order valence-electron chi connectivity index (χ4n) is 2.62. The molecule has 0 heterocycles. The average Bonchev–Trinajstić information content (AvgIpc) is 2.30. The van der Waals surface area contributed by atoms with Crippen LogP contribution in [0.15, 0.2) is 0 Å². The number of hydrogen-bond acceptors (Lipinski definition) is 1. The molecular weight excluding hydrogens is 228 g/mol. The number of hydrogen-bond donors (Lipinski definition) is 1. The van der Waals surface area contributed by atoms with Gasteiger partial charge in [0, 0.05) is 6.04 Å². The van der Waals surface area contributed by atoms with Crippen LogP contribution in [0.3, 0.4) is 0 Å². The quantitative estimate of drug-likeness (QED) is 0.534. The molecule has 0 atom stereocenters. The van der Waals surface area contributed by atoms with Crippen LogP contribution < -0.4 is 0 Å². The highest BCUT2D eigenvalue weighted by molar-refractivity contribution is 6.82. The Kier molecular flexibility index (Phi) is 9.51. The number of carboxylic acids is 1. The van der Waals surface area contributed by atoms with Gasteiger partial charge in [-0.25, -0.2) is 0 Å². The highest BCUT2D eigenvalue weighted by Gasteiger charge is 2.33. The van der Waals surface area contributed by atoms with E-state index in [0.717, 1.165) is 0 Å². The Morgan fingerprint density at radius 3 is 1.47 bits per heavy atom. The van der Waals surface area contributed by atoms with Crippen molar-refractivity contribution < 1.29 is 9.90 Å². The summed E-state index contributed by atoms with van der Waals surface area (Å²) in [6, 6.07) is 4.20. The number of rotatable bonds is 11. The molecule has 0 aromatic carbocycles. The monoisotopic (exact) mass is 258 g/mol. The lowest BCUT2D eigenvalue weighted by Crippen LogP contribution is -2.36. The smallest absolute Gasteiger partial charge is 0.300 e. The second kappa shape index (κ2) is 9.69. The van der Waals surface area contributed by atoms with Gasteiger partial charge in [0.05, 0.1) is 8.07 Å². The van der Waals surface area contributed by atoms with Crippen LogP contribution in [0.5, 0.6) is 0 Å². The van der Waals surface area contributed by atoms with Crippen LogP contribution in [0.2, 0.25) is 24.2 Å². The average molecular weight is 258 g/mol. The third-order valence-corrected chi connectivity index (χ3v) is 9.00. The largest absolute Gasteiger partial charge is 0.481 e. The minimum Gasteiger partial charge on any atom is -0.481 e. The molecule has 0 unspecified atom stereocenters. The van der Waals surface area contributed by atoms with Gasteiger partial charge in [0.1, 0.15) is 0 Å². The molecule has 3 heteroatoms. The second-order valence-electron chi connectivity index (χ2n) is 5.38. The molecule has 0 aliphatic carbocycles. The third kappa shape index (κ3) is 7.58. The number of carboxylic acid groups (broad SMARTS) is 1. The van der Waals surface area contributed by atoms with Crippen LogP contribution in [0.1, 0.15) is 59.3 Å². The Balaban J connectivity index is 4.56. The van der Waals surface area contributed by atoms with Gasteiger partial charge in [-0.2, -0.15) is 0 Å². The van der Waals surface area contributed by atoms with Gasteiger partial charge in [0.15, 0.2) is 0 Å². The zero-order chi connectivity index (χ0) is 13.1. The van der Waals surface area contributed by atoms with Crippen molar-refractivity contribution in [2.45, 2.75) is 83.5 Å². The van der Waals surface area contributed by atoms with Gasteiger partial charge < -0.3 is 5.11 Å². The molecule has 0 saturated heterocycles. The minimum absolute atomic E-state index is 0.507. The van der Waals surface area contributed by atoms with Gasteiger partial charge in [-0.05, 0) is 0 Å². The van der Waals surface area contributed by atoms with Crippen molar-refractivity contribution in [3.63, 3.8) is 0 Å². The highest BCUT2D eigenvalue weighted by Crippen LogP contribution is 2.32. The molecule has 0 radical (unpaired) electrons. The van der Waals surface area contributed by atoms with Gasteiger partial charge in [-0.15, -0.1) is 0 Å². The normalized spacial score (nSPS) is 11.7. The Hall–Kier alpha value is -0.313. The van der Waals surface area contributed by atoms with Crippen molar-refractivity contribution in [2.24, 2.45) is 0 Å². The van der Waals surface area contributed by atoms with Gasteiger partial charge in [-0.3, -0.25) is 4.79 Å². The first-order chi connectivity index (χ1) is 8.10. The molecule has 0 bridgehead atoms. The van der Waals surface area contributed by atoms with Gasteiger partial charge in [0.25, 0.3) is 0 Å². The summed E-state index contributed by atoms with van der Waals surface area (Å²) in [5.41, 5.74) is 0. The van der Waals surface area contributed by atoms with E-state index in [2.05, 4.69) is 20.8 Å². The van der Waals surface area contributed by atoms with Crippen molar-refractivity contribution in [3.8, 4) is 0 Å². The maximum Gasteiger partial charge on any atom is 0.300 e. The summed E-state index contributed by atoms with van der Waals surface area (Å²) in [6.45, 7) is 6.62. The summed E-state index contributed by atoms with van der Waals surface area (Å²) in [7, 11) is -1.52. The molecule has 0 aliphatic heterocycles.